The number of hydrogen-bond acceptors (Lipinski definition) is 2. The van der Waals surface area contributed by atoms with Gasteiger partial charge in [0.1, 0.15) is 0 Å². The van der Waals surface area contributed by atoms with Crippen molar-refractivity contribution < 1.29 is 9.90 Å². The molecule has 0 saturated heterocycles. The lowest BCUT2D eigenvalue weighted by Crippen LogP contribution is -2.37. The molecule has 95 valence electrons. The van der Waals surface area contributed by atoms with Crippen LogP contribution in [0.15, 0.2) is 0 Å². The molecule has 0 aliphatic heterocycles. The fourth-order valence-corrected chi connectivity index (χ4v) is 1.80. The van der Waals surface area contributed by atoms with Crippen molar-refractivity contribution in [1.29, 1.82) is 0 Å². The third-order valence-corrected chi connectivity index (χ3v) is 2.87. The third kappa shape index (κ3) is 8.72. The molecular weight excluding hydrogens is 202 g/mol. The van der Waals surface area contributed by atoms with Crippen LogP contribution in [0.5, 0.6) is 0 Å². The van der Waals surface area contributed by atoms with Crippen molar-refractivity contribution in [2.45, 2.75) is 70.4 Å². The van der Waals surface area contributed by atoms with Gasteiger partial charge in [0, 0.05) is 0 Å². The molecule has 2 unspecified atom stereocenters. The fraction of sp³-hybridized carbons (Fsp3) is 0.846. The van der Waals surface area contributed by atoms with E-state index in [2.05, 4.69) is 19.2 Å². The molecule has 1 amide bonds. The number of nitrogens with one attached hydrogen (secondary N) is 1. The molecule has 2 atom stereocenters. The summed E-state index contributed by atoms with van der Waals surface area (Å²) in [7, 11) is 0. The molecule has 0 aromatic rings. The maximum atomic E-state index is 10.3. The van der Waals surface area contributed by atoms with Crippen LogP contribution < -0.4 is 5.32 Å². The molecule has 0 aromatic carbocycles. The highest BCUT2D eigenvalue weighted by molar-refractivity contribution is 5.46. The van der Waals surface area contributed by atoms with E-state index < -0.39 is 6.10 Å². The molecule has 0 fully saturated rings. The summed E-state index contributed by atoms with van der Waals surface area (Å²) in [5.41, 5.74) is 0. The minimum atomic E-state index is -0.703. The summed E-state index contributed by atoms with van der Waals surface area (Å²) in [5, 5.41) is 11.9. The van der Waals surface area contributed by atoms with Gasteiger partial charge in [-0.1, -0.05) is 51.9 Å². The van der Waals surface area contributed by atoms with Gasteiger partial charge >= 0.3 is 0 Å². The number of unbranched alkanes of at least 4 members (excludes halogenated alkanes) is 6. The second kappa shape index (κ2) is 10.9. The van der Waals surface area contributed by atoms with Crippen LogP contribution in [0.25, 0.3) is 0 Å². The first-order valence-electron chi connectivity index (χ1n) is 6.43. The normalized spacial score (nSPS) is 14.4. The smallest absolute Gasteiger partial charge is 0.207 e. The Bertz CT molecular complexity index is 160. The molecule has 16 heavy (non-hydrogen) atoms. The average Bonchev–Trinajstić information content (AvgIpc) is 2.26. The van der Waals surface area contributed by atoms with E-state index in [1.807, 2.05) is 0 Å². The van der Waals surface area contributed by atoms with Crippen molar-refractivity contribution in [2.24, 2.45) is 0 Å². The van der Waals surface area contributed by atoms with Gasteiger partial charge in [0.15, 0.2) is 0 Å². The molecule has 2 N–H and O–H groups in total. The highest BCUT2D eigenvalue weighted by Crippen LogP contribution is 2.10. The Labute approximate surface area is 99.6 Å². The maximum absolute atomic E-state index is 10.3. The monoisotopic (exact) mass is 228 g/mol. The summed E-state index contributed by atoms with van der Waals surface area (Å²) in [4.78, 5) is 10.3. The maximum Gasteiger partial charge on any atom is 0.207 e. The molecule has 1 radical (unpaired) electrons. The van der Waals surface area contributed by atoms with Crippen molar-refractivity contribution in [3.05, 3.63) is 6.92 Å². The van der Waals surface area contributed by atoms with Gasteiger partial charge in [-0.05, 0) is 13.3 Å². The van der Waals surface area contributed by atoms with Crippen LogP contribution >= 0.6 is 0 Å². The van der Waals surface area contributed by atoms with Gasteiger partial charge in [-0.2, -0.15) is 0 Å². The molecule has 0 aliphatic carbocycles. The summed E-state index contributed by atoms with van der Waals surface area (Å²) in [6.07, 6.45) is 9.45. The van der Waals surface area contributed by atoms with E-state index in [-0.39, 0.29) is 6.04 Å². The van der Waals surface area contributed by atoms with Crippen LogP contribution in [-0.4, -0.2) is 23.7 Å². The second-order valence-corrected chi connectivity index (χ2v) is 4.37. The Kier molecular flexibility index (Phi) is 10.5. The van der Waals surface area contributed by atoms with Crippen LogP contribution in [0, 0.1) is 6.92 Å². The molecule has 0 heterocycles. The number of aliphatic hydroxyl groups excluding tert-OH is 1. The topological polar surface area (TPSA) is 49.3 Å². The number of rotatable bonds is 11. The predicted molar refractivity (Wildman–Crippen MR) is 67.0 cm³/mol. The molecule has 3 nitrogen and oxygen atoms in total. The van der Waals surface area contributed by atoms with Gasteiger partial charge in [-0.3, -0.25) is 4.79 Å². The molecule has 0 spiro atoms. The summed E-state index contributed by atoms with van der Waals surface area (Å²) in [5.74, 6) is 0. The highest BCUT2D eigenvalue weighted by Gasteiger charge is 2.12. The van der Waals surface area contributed by atoms with E-state index in [9.17, 15) is 9.90 Å². The van der Waals surface area contributed by atoms with Gasteiger partial charge < -0.3 is 10.4 Å². The highest BCUT2D eigenvalue weighted by atomic mass is 16.3. The number of amides is 1. The molecule has 0 saturated carbocycles. The number of hydrogen-bond donors (Lipinski definition) is 2. The van der Waals surface area contributed by atoms with Crippen LogP contribution in [0.4, 0.5) is 0 Å². The van der Waals surface area contributed by atoms with E-state index in [0.717, 1.165) is 12.8 Å². The van der Waals surface area contributed by atoms with Gasteiger partial charge in [0.2, 0.25) is 6.41 Å². The predicted octanol–water partition coefficient (Wildman–Crippen LogP) is 2.44. The van der Waals surface area contributed by atoms with Crippen LogP contribution in [0.1, 0.15) is 58.3 Å². The van der Waals surface area contributed by atoms with Crippen LogP contribution in [-0.2, 0) is 4.79 Å². The zero-order valence-electron chi connectivity index (χ0n) is 10.5. The Balaban J connectivity index is 3.36. The van der Waals surface area contributed by atoms with Gasteiger partial charge in [0.25, 0.3) is 0 Å². The van der Waals surface area contributed by atoms with Crippen molar-refractivity contribution in [2.75, 3.05) is 0 Å². The quantitative estimate of drug-likeness (QED) is 0.421. The van der Waals surface area contributed by atoms with Crippen molar-refractivity contribution >= 4 is 6.41 Å². The van der Waals surface area contributed by atoms with Crippen LogP contribution in [0.3, 0.4) is 0 Å². The van der Waals surface area contributed by atoms with E-state index in [4.69, 9.17) is 0 Å². The van der Waals surface area contributed by atoms with Gasteiger partial charge in [-0.15, -0.1) is 0 Å². The molecule has 0 aliphatic rings. The Morgan fingerprint density at radius 3 is 2.25 bits per heavy atom. The zero-order valence-corrected chi connectivity index (χ0v) is 10.5. The molecule has 0 bridgehead atoms. The van der Waals surface area contributed by atoms with Crippen molar-refractivity contribution in [1.82, 2.24) is 5.32 Å². The molecular formula is C13H26NO2. The van der Waals surface area contributed by atoms with Crippen LogP contribution in [0.2, 0.25) is 0 Å². The summed E-state index contributed by atoms with van der Waals surface area (Å²) in [6, 6.07) is -0.187. The van der Waals surface area contributed by atoms with Crippen molar-refractivity contribution in [3.63, 3.8) is 0 Å². The lowest BCUT2D eigenvalue weighted by atomic mass is 10.0. The standard InChI is InChI=1S/C13H26NO2/c1-3-4-5-6-7-8-9-10-13(12(2)16)14-11-15/h11-13,16H,2-10H2,1H3,(H,14,15). The number of aliphatic hydroxyl groups is 1. The largest absolute Gasteiger partial charge is 0.391 e. The minimum absolute atomic E-state index is 0.187. The average molecular weight is 228 g/mol. The fourth-order valence-electron chi connectivity index (χ4n) is 1.80. The Morgan fingerprint density at radius 1 is 1.19 bits per heavy atom. The molecule has 0 aromatic heterocycles. The van der Waals surface area contributed by atoms with Crippen molar-refractivity contribution in [3.8, 4) is 0 Å². The first-order valence-corrected chi connectivity index (χ1v) is 6.43. The van der Waals surface area contributed by atoms with E-state index in [1.165, 1.54) is 38.5 Å². The van der Waals surface area contributed by atoms with E-state index in [0.29, 0.717) is 6.41 Å². The third-order valence-electron chi connectivity index (χ3n) is 2.87. The lowest BCUT2D eigenvalue weighted by Gasteiger charge is -2.18. The first kappa shape index (κ1) is 15.4. The second-order valence-electron chi connectivity index (χ2n) is 4.37. The summed E-state index contributed by atoms with van der Waals surface area (Å²) in [6.45, 7) is 5.74. The summed E-state index contributed by atoms with van der Waals surface area (Å²) < 4.78 is 0. The van der Waals surface area contributed by atoms with Gasteiger partial charge in [-0.25, -0.2) is 0 Å². The SMILES string of the molecule is [CH2]C(O)C(CCCCCCCCC)NC=O. The lowest BCUT2D eigenvalue weighted by molar-refractivity contribution is -0.110. The minimum Gasteiger partial charge on any atom is -0.391 e. The van der Waals surface area contributed by atoms with E-state index in [1.54, 1.807) is 0 Å². The molecule has 0 rings (SSSR count). The number of carbonyl (C=O) groups is 1. The first-order chi connectivity index (χ1) is 7.72. The zero-order chi connectivity index (χ0) is 12.2. The molecule has 3 heteroatoms. The Hall–Kier alpha value is -0.570. The van der Waals surface area contributed by atoms with E-state index >= 15 is 0 Å². The number of carbonyl (C=O) groups excluding carboxylic acids is 1. The van der Waals surface area contributed by atoms with Gasteiger partial charge in [0.05, 0.1) is 12.1 Å². The Morgan fingerprint density at radius 2 is 1.75 bits per heavy atom. The summed E-state index contributed by atoms with van der Waals surface area (Å²) >= 11 is 0.